The van der Waals surface area contributed by atoms with E-state index in [2.05, 4.69) is 16.9 Å². The summed E-state index contributed by atoms with van der Waals surface area (Å²) in [6, 6.07) is 15.0. The van der Waals surface area contributed by atoms with Gasteiger partial charge in [0.05, 0.1) is 31.4 Å². The van der Waals surface area contributed by atoms with Crippen molar-refractivity contribution in [3.8, 4) is 5.75 Å². The number of aromatic nitrogens is 3. The van der Waals surface area contributed by atoms with Gasteiger partial charge in [-0.2, -0.15) is 0 Å². The summed E-state index contributed by atoms with van der Waals surface area (Å²) in [7, 11) is 1.27. The van der Waals surface area contributed by atoms with Crippen molar-refractivity contribution in [3.05, 3.63) is 86.2 Å². The van der Waals surface area contributed by atoms with Gasteiger partial charge in [0.15, 0.2) is 0 Å². The number of rotatable bonds is 9. The van der Waals surface area contributed by atoms with Gasteiger partial charge < -0.3 is 9.47 Å². The number of nitrogens with zero attached hydrogens (tertiary/aromatic N) is 3. The molecule has 0 amide bonds. The van der Waals surface area contributed by atoms with E-state index < -0.39 is 23.3 Å². The molecule has 0 radical (unpaired) electrons. The zero-order valence-corrected chi connectivity index (χ0v) is 20.8. The molecule has 3 rings (SSSR count). The van der Waals surface area contributed by atoms with Crippen LogP contribution in [0.25, 0.3) is 0 Å². The number of hydrogen-bond donors (Lipinski definition) is 1. The average Bonchev–Trinajstić information content (AvgIpc) is 2.84. The number of aryl methyl sites for hydroxylation is 1. The van der Waals surface area contributed by atoms with Crippen LogP contribution in [0.5, 0.6) is 5.75 Å². The number of benzene rings is 2. The van der Waals surface area contributed by atoms with Crippen LogP contribution in [0.4, 0.5) is 5.69 Å². The number of aromatic amines is 1. The number of carbonyl (C=O) groups excluding carboxylic acids is 1. The molecule has 0 saturated carbocycles. The van der Waals surface area contributed by atoms with Crippen LogP contribution in [-0.4, -0.2) is 33.3 Å². The van der Waals surface area contributed by atoms with Crippen molar-refractivity contribution in [2.24, 2.45) is 10.9 Å². The van der Waals surface area contributed by atoms with Crippen LogP contribution in [0.1, 0.15) is 38.8 Å². The summed E-state index contributed by atoms with van der Waals surface area (Å²) in [6.07, 6.45) is 0.942. The second-order valence-corrected chi connectivity index (χ2v) is 8.60. The highest BCUT2D eigenvalue weighted by molar-refractivity contribution is 5.71. The summed E-state index contributed by atoms with van der Waals surface area (Å²) in [5, 5.41) is 0. The molecular formula is C26H32N4O5. The monoisotopic (exact) mass is 480 g/mol. The average molecular weight is 481 g/mol. The van der Waals surface area contributed by atoms with Gasteiger partial charge in [0, 0.05) is 6.54 Å². The summed E-state index contributed by atoms with van der Waals surface area (Å²) < 4.78 is 12.8. The van der Waals surface area contributed by atoms with Gasteiger partial charge in [-0.05, 0) is 55.7 Å². The number of ether oxygens (including phenoxy) is 2. The second-order valence-electron chi connectivity index (χ2n) is 8.60. The van der Waals surface area contributed by atoms with Crippen molar-refractivity contribution in [1.82, 2.24) is 14.1 Å². The minimum absolute atomic E-state index is 0.0374. The third-order valence-corrected chi connectivity index (χ3v) is 5.46. The van der Waals surface area contributed by atoms with Crippen LogP contribution in [0.15, 0.2) is 63.1 Å². The first kappa shape index (κ1) is 25.7. The Labute approximate surface area is 203 Å². The number of methoxy groups -OCH3 is 1. The van der Waals surface area contributed by atoms with Gasteiger partial charge in [0.2, 0.25) is 5.62 Å². The predicted molar refractivity (Wildman–Crippen MR) is 133 cm³/mol. The molecule has 1 aromatic heterocycles. The van der Waals surface area contributed by atoms with Gasteiger partial charge in [-0.15, -0.1) is 0 Å². The normalized spacial score (nSPS) is 12.6. The summed E-state index contributed by atoms with van der Waals surface area (Å²) in [5.41, 5.74) is 1.50. The van der Waals surface area contributed by atoms with Crippen molar-refractivity contribution in [2.75, 3.05) is 7.11 Å². The molecule has 0 bridgehead atoms. The number of H-pyrrole nitrogens is 1. The SMILES string of the molecule is CCc1ccc(Cn2c(=O)n(C[C@H](C)C(=O)OC)c(=O)[nH]/c2=N\c2ccc(OC(C)C)cc2)cc1. The van der Waals surface area contributed by atoms with Gasteiger partial charge in [-0.1, -0.05) is 38.1 Å². The van der Waals surface area contributed by atoms with Crippen LogP contribution in [-0.2, 0) is 29.0 Å². The lowest BCUT2D eigenvalue weighted by atomic mass is 10.1. The van der Waals surface area contributed by atoms with Crippen LogP contribution >= 0.6 is 0 Å². The largest absolute Gasteiger partial charge is 0.491 e. The van der Waals surface area contributed by atoms with Gasteiger partial charge >= 0.3 is 17.3 Å². The molecule has 9 nitrogen and oxygen atoms in total. The first-order valence-electron chi connectivity index (χ1n) is 11.6. The van der Waals surface area contributed by atoms with E-state index in [4.69, 9.17) is 9.47 Å². The van der Waals surface area contributed by atoms with Gasteiger partial charge in [0.1, 0.15) is 5.75 Å². The Bertz CT molecular complexity index is 1330. The predicted octanol–water partition coefficient (Wildman–Crippen LogP) is 2.78. The first-order chi connectivity index (χ1) is 16.7. The fourth-order valence-electron chi connectivity index (χ4n) is 3.55. The minimum Gasteiger partial charge on any atom is -0.491 e. The molecule has 1 N–H and O–H groups in total. The molecule has 1 heterocycles. The summed E-state index contributed by atoms with van der Waals surface area (Å²) in [4.78, 5) is 45.4. The Balaban J connectivity index is 2.10. The number of carbonyl (C=O) groups is 1. The van der Waals surface area contributed by atoms with Gasteiger partial charge in [-0.25, -0.2) is 19.1 Å². The smallest absolute Gasteiger partial charge is 0.335 e. The summed E-state index contributed by atoms with van der Waals surface area (Å²) >= 11 is 0. The zero-order valence-electron chi connectivity index (χ0n) is 20.8. The maximum absolute atomic E-state index is 13.4. The van der Waals surface area contributed by atoms with E-state index in [1.165, 1.54) is 17.2 Å². The van der Waals surface area contributed by atoms with Gasteiger partial charge in [0.25, 0.3) is 0 Å². The standard InChI is InChI=1S/C26H32N4O5/c1-6-19-7-9-20(10-8-19)16-29-24(27-21-11-13-22(14-12-21)35-17(2)3)28-25(32)30(26(29)33)15-18(4)23(31)34-5/h7-14,17-18H,6,15-16H2,1-5H3,(H,27,28,32)/t18-/m0/s1. The molecule has 0 spiro atoms. The summed E-state index contributed by atoms with van der Waals surface area (Å²) in [5.74, 6) is -0.480. The van der Waals surface area contributed by atoms with E-state index in [0.29, 0.717) is 11.4 Å². The number of hydrogen-bond acceptors (Lipinski definition) is 6. The van der Waals surface area contributed by atoms with E-state index >= 15 is 0 Å². The Morgan fingerprint density at radius 2 is 1.60 bits per heavy atom. The highest BCUT2D eigenvalue weighted by Crippen LogP contribution is 2.18. The maximum atomic E-state index is 13.4. The Morgan fingerprint density at radius 1 is 0.971 bits per heavy atom. The highest BCUT2D eigenvalue weighted by atomic mass is 16.5. The minimum atomic E-state index is -0.674. The van der Waals surface area contributed by atoms with E-state index in [0.717, 1.165) is 16.6 Å². The highest BCUT2D eigenvalue weighted by Gasteiger charge is 2.18. The lowest BCUT2D eigenvalue weighted by Gasteiger charge is -2.14. The summed E-state index contributed by atoms with van der Waals surface area (Å²) in [6.45, 7) is 7.63. The number of esters is 1. The molecule has 0 aliphatic carbocycles. The molecule has 35 heavy (non-hydrogen) atoms. The zero-order chi connectivity index (χ0) is 25.5. The second kappa shape index (κ2) is 11.5. The molecule has 1 atom stereocenters. The molecule has 9 heteroatoms. The third kappa shape index (κ3) is 6.59. The van der Waals surface area contributed by atoms with Crippen LogP contribution in [0.2, 0.25) is 0 Å². The quantitative estimate of drug-likeness (QED) is 0.474. The molecule has 0 aliphatic heterocycles. The first-order valence-corrected chi connectivity index (χ1v) is 11.6. The maximum Gasteiger partial charge on any atom is 0.335 e. The molecule has 0 saturated heterocycles. The van der Waals surface area contributed by atoms with Crippen molar-refractivity contribution < 1.29 is 14.3 Å². The number of nitrogens with one attached hydrogen (secondary N) is 1. The van der Waals surface area contributed by atoms with E-state index in [-0.39, 0.29) is 24.8 Å². The molecule has 3 aromatic rings. The fraction of sp³-hybridized carbons (Fsp3) is 0.385. The van der Waals surface area contributed by atoms with E-state index in [9.17, 15) is 14.4 Å². The van der Waals surface area contributed by atoms with E-state index in [1.807, 2.05) is 38.1 Å². The van der Waals surface area contributed by atoms with Crippen molar-refractivity contribution in [3.63, 3.8) is 0 Å². The Kier molecular flexibility index (Phi) is 8.46. The van der Waals surface area contributed by atoms with Crippen LogP contribution < -0.4 is 21.7 Å². The van der Waals surface area contributed by atoms with Crippen LogP contribution in [0.3, 0.4) is 0 Å². The van der Waals surface area contributed by atoms with Crippen molar-refractivity contribution in [2.45, 2.75) is 53.3 Å². The lowest BCUT2D eigenvalue weighted by molar-refractivity contribution is -0.145. The topological polar surface area (TPSA) is 108 Å². The van der Waals surface area contributed by atoms with Crippen molar-refractivity contribution >= 4 is 11.7 Å². The van der Waals surface area contributed by atoms with Gasteiger partial charge in [-0.3, -0.25) is 14.3 Å². The molecular weight excluding hydrogens is 448 g/mol. The Hall–Kier alpha value is -3.88. The fourth-order valence-corrected chi connectivity index (χ4v) is 3.55. The Morgan fingerprint density at radius 3 is 2.17 bits per heavy atom. The molecule has 0 fully saturated rings. The third-order valence-electron chi connectivity index (χ3n) is 5.46. The molecule has 186 valence electrons. The van der Waals surface area contributed by atoms with Crippen LogP contribution in [0, 0.1) is 5.92 Å². The molecule has 2 aromatic carbocycles. The van der Waals surface area contributed by atoms with Crippen molar-refractivity contribution in [1.29, 1.82) is 0 Å². The molecule has 0 aliphatic rings. The molecule has 0 unspecified atom stereocenters. The van der Waals surface area contributed by atoms with E-state index in [1.54, 1.807) is 31.2 Å². The lowest BCUT2D eigenvalue weighted by Crippen LogP contribution is -2.51.